The topological polar surface area (TPSA) is 35.5 Å². The minimum atomic E-state index is 0.264. The summed E-state index contributed by atoms with van der Waals surface area (Å²) in [6.07, 6.45) is 0.604. The van der Waals surface area contributed by atoms with E-state index in [2.05, 4.69) is 9.69 Å². The second-order valence-electron chi connectivity index (χ2n) is 1.09. The molecule has 3 nitrogen and oxygen atoms in total. The highest BCUT2D eigenvalue weighted by Crippen LogP contribution is 1.98. The second kappa shape index (κ2) is 1.79. The van der Waals surface area contributed by atoms with Gasteiger partial charge in [0.15, 0.2) is 12.0 Å². The van der Waals surface area contributed by atoms with Crippen LogP contribution in [0, 0.1) is 0 Å². The minimum Gasteiger partial charge on any atom is -0.351 e. The summed E-state index contributed by atoms with van der Waals surface area (Å²) in [4.78, 5) is 18.4. The summed E-state index contributed by atoms with van der Waals surface area (Å²) in [5, 5.41) is 0. The van der Waals surface area contributed by atoms with E-state index in [1.165, 1.54) is 0 Å². The molecule has 0 aromatic rings. The van der Waals surface area contributed by atoms with Crippen molar-refractivity contribution in [2.45, 2.75) is 0 Å². The molecule has 0 atom stereocenters. The van der Waals surface area contributed by atoms with Crippen LogP contribution in [-0.2, 0) is 14.5 Å². The van der Waals surface area contributed by atoms with Gasteiger partial charge in [-0.2, -0.15) is 0 Å². The average Bonchev–Trinajstić information content (AvgIpc) is 2.14. The predicted molar refractivity (Wildman–Crippen MR) is 23.5 cm³/mol. The lowest BCUT2D eigenvalue weighted by molar-refractivity contribution is -0.160. The zero-order chi connectivity index (χ0) is 5.11. The molecular formula is C3H3BO3. The zero-order valence-electron chi connectivity index (χ0n) is 3.59. The van der Waals surface area contributed by atoms with Crippen molar-refractivity contribution in [1.29, 1.82) is 0 Å². The fraction of sp³-hybridized carbons (Fsp3) is 0. The largest absolute Gasteiger partial charge is 0.368 e. The fourth-order valence-electron chi connectivity index (χ4n) is 0.320. The Morgan fingerprint density at radius 3 is 3.00 bits per heavy atom. The monoisotopic (exact) mass is 98.0 g/mol. The molecule has 0 aromatic carbocycles. The molecule has 4 heteroatoms. The third-order valence-corrected chi connectivity index (χ3v) is 0.624. The van der Waals surface area contributed by atoms with Gasteiger partial charge < -0.3 is 4.89 Å². The van der Waals surface area contributed by atoms with Crippen LogP contribution in [0.3, 0.4) is 0 Å². The molecule has 1 aliphatic rings. The zero-order valence-corrected chi connectivity index (χ0v) is 3.59. The standard InChI is InChI=1S/C3H3BO3/c5-2-3-1-4-7-6-3/h1-2,4H. The third kappa shape index (κ3) is 0.808. The molecule has 1 rings (SSSR count). The minimum absolute atomic E-state index is 0.264. The first-order chi connectivity index (χ1) is 3.43. The molecule has 0 spiro atoms. The van der Waals surface area contributed by atoms with Crippen molar-refractivity contribution >= 4 is 13.8 Å². The number of carbonyl (C=O) groups excluding carboxylic acids is 1. The molecule has 0 bridgehead atoms. The lowest BCUT2D eigenvalue weighted by Crippen LogP contribution is -1.83. The first-order valence-electron chi connectivity index (χ1n) is 1.88. The van der Waals surface area contributed by atoms with Crippen molar-refractivity contribution < 1.29 is 14.5 Å². The van der Waals surface area contributed by atoms with Gasteiger partial charge >= 0.3 is 7.48 Å². The summed E-state index contributed by atoms with van der Waals surface area (Å²) in [6.45, 7) is 0. The first-order valence-corrected chi connectivity index (χ1v) is 1.88. The number of aldehydes is 1. The Balaban J connectivity index is 2.51. The Morgan fingerprint density at radius 2 is 2.71 bits per heavy atom. The molecule has 1 aliphatic heterocycles. The van der Waals surface area contributed by atoms with E-state index in [0.717, 1.165) is 0 Å². The summed E-state index contributed by atoms with van der Waals surface area (Å²) >= 11 is 0. The van der Waals surface area contributed by atoms with Gasteiger partial charge in [0.05, 0.1) is 0 Å². The molecule has 36 valence electrons. The van der Waals surface area contributed by atoms with Gasteiger partial charge in [-0.25, -0.2) is 0 Å². The molecule has 0 N–H and O–H groups in total. The van der Waals surface area contributed by atoms with Crippen LogP contribution in [0.5, 0.6) is 0 Å². The Hall–Kier alpha value is -0.765. The van der Waals surface area contributed by atoms with Crippen LogP contribution in [0.2, 0.25) is 0 Å². The smallest absolute Gasteiger partial charge is 0.351 e. The van der Waals surface area contributed by atoms with E-state index in [4.69, 9.17) is 0 Å². The molecule has 0 aromatic heterocycles. The van der Waals surface area contributed by atoms with Gasteiger partial charge in [0.1, 0.15) is 0 Å². The van der Waals surface area contributed by atoms with Gasteiger partial charge in [-0.3, -0.25) is 9.60 Å². The Labute approximate surface area is 41.1 Å². The molecule has 0 aliphatic carbocycles. The van der Waals surface area contributed by atoms with Crippen LogP contribution >= 0.6 is 0 Å². The number of carbonyl (C=O) groups is 1. The first kappa shape index (κ1) is 4.40. The average molecular weight is 97.9 g/mol. The summed E-state index contributed by atoms with van der Waals surface area (Å²) in [7, 11) is 0.383. The van der Waals surface area contributed by atoms with Crippen molar-refractivity contribution in [3.63, 3.8) is 0 Å². The van der Waals surface area contributed by atoms with E-state index in [9.17, 15) is 4.79 Å². The van der Waals surface area contributed by atoms with Crippen LogP contribution in [0.25, 0.3) is 0 Å². The molecule has 0 amide bonds. The fourth-order valence-corrected chi connectivity index (χ4v) is 0.320. The third-order valence-electron chi connectivity index (χ3n) is 0.624. The van der Waals surface area contributed by atoms with Crippen molar-refractivity contribution in [2.75, 3.05) is 0 Å². The van der Waals surface area contributed by atoms with Crippen molar-refractivity contribution in [1.82, 2.24) is 0 Å². The number of rotatable bonds is 1. The molecule has 0 fully saturated rings. The number of allylic oxidation sites excluding steroid dienone is 1. The lowest BCUT2D eigenvalue weighted by atomic mass is 10.0. The molecule has 0 saturated heterocycles. The van der Waals surface area contributed by atoms with E-state index in [-0.39, 0.29) is 5.76 Å². The van der Waals surface area contributed by atoms with Crippen LogP contribution in [0.15, 0.2) is 11.7 Å². The Bertz CT molecular complexity index is 109. The predicted octanol–water partition coefficient (Wildman–Crippen LogP) is -0.660. The molecular weight excluding hydrogens is 94.8 g/mol. The van der Waals surface area contributed by atoms with Gasteiger partial charge in [-0.1, -0.05) is 0 Å². The SMILES string of the molecule is O=CC1=CBOO1. The van der Waals surface area contributed by atoms with Gasteiger partial charge in [0.25, 0.3) is 0 Å². The van der Waals surface area contributed by atoms with Gasteiger partial charge in [-0.05, 0) is 5.98 Å². The van der Waals surface area contributed by atoms with Crippen LogP contribution in [0.4, 0.5) is 0 Å². The van der Waals surface area contributed by atoms with Crippen molar-refractivity contribution in [3.05, 3.63) is 11.7 Å². The summed E-state index contributed by atoms with van der Waals surface area (Å²) in [6, 6.07) is 0. The van der Waals surface area contributed by atoms with Crippen LogP contribution in [-0.4, -0.2) is 13.8 Å². The quantitative estimate of drug-likeness (QED) is 0.248. The Morgan fingerprint density at radius 1 is 1.86 bits per heavy atom. The molecule has 0 unspecified atom stereocenters. The maximum Gasteiger partial charge on any atom is 0.368 e. The summed E-state index contributed by atoms with van der Waals surface area (Å²) < 4.78 is 0. The van der Waals surface area contributed by atoms with Gasteiger partial charge in [0.2, 0.25) is 0 Å². The van der Waals surface area contributed by atoms with E-state index >= 15 is 0 Å². The lowest BCUT2D eigenvalue weighted by Gasteiger charge is -1.88. The van der Waals surface area contributed by atoms with Crippen molar-refractivity contribution in [2.24, 2.45) is 0 Å². The van der Waals surface area contributed by atoms with E-state index in [0.29, 0.717) is 13.8 Å². The van der Waals surface area contributed by atoms with Crippen LogP contribution < -0.4 is 0 Å². The highest BCUT2D eigenvalue weighted by molar-refractivity contribution is 6.35. The highest BCUT2D eigenvalue weighted by Gasteiger charge is 2.04. The number of hydrogen-bond acceptors (Lipinski definition) is 3. The van der Waals surface area contributed by atoms with E-state index in [1.807, 2.05) is 0 Å². The second-order valence-corrected chi connectivity index (χ2v) is 1.09. The normalized spacial score (nSPS) is 16.9. The maximum atomic E-state index is 9.73. The molecule has 0 radical (unpaired) electrons. The van der Waals surface area contributed by atoms with Crippen LogP contribution in [0.1, 0.15) is 0 Å². The molecule has 1 heterocycles. The highest BCUT2D eigenvalue weighted by atomic mass is 17.2. The maximum absolute atomic E-state index is 9.73. The summed E-state index contributed by atoms with van der Waals surface area (Å²) in [5.74, 6) is 1.83. The van der Waals surface area contributed by atoms with Gasteiger partial charge in [0, 0.05) is 0 Å². The molecule has 7 heavy (non-hydrogen) atoms. The van der Waals surface area contributed by atoms with E-state index < -0.39 is 0 Å². The van der Waals surface area contributed by atoms with Crippen molar-refractivity contribution in [3.8, 4) is 0 Å². The van der Waals surface area contributed by atoms with Gasteiger partial charge in [-0.15, -0.1) is 0 Å². The summed E-state index contributed by atoms with van der Waals surface area (Å²) in [5.41, 5.74) is 0. The Kier molecular flexibility index (Phi) is 1.13. The molecule has 0 saturated carbocycles. The number of hydrogen-bond donors (Lipinski definition) is 0. The van der Waals surface area contributed by atoms with E-state index in [1.54, 1.807) is 5.98 Å².